The Labute approximate surface area is 120 Å². The Morgan fingerprint density at radius 2 is 2.00 bits per heavy atom. The normalized spacial score (nSPS) is 19.2. The van der Waals surface area contributed by atoms with E-state index < -0.39 is 0 Å². The number of allylic oxidation sites excluding steroid dienone is 3. The quantitative estimate of drug-likeness (QED) is 0.708. The molecule has 2 heteroatoms. The van der Waals surface area contributed by atoms with Crippen LogP contribution in [0.3, 0.4) is 0 Å². The Morgan fingerprint density at radius 3 is 2.60 bits per heavy atom. The Balaban J connectivity index is 1.90. The molecule has 0 radical (unpaired) electrons. The third-order valence-electron chi connectivity index (χ3n) is 3.90. The highest BCUT2D eigenvalue weighted by Gasteiger charge is 2.32. The van der Waals surface area contributed by atoms with Gasteiger partial charge in [0.05, 0.1) is 5.70 Å². The molecule has 3 rings (SSSR count). The highest BCUT2D eigenvalue weighted by Crippen LogP contribution is 2.40. The largest absolute Gasteiger partial charge is 0.289 e. The second-order valence-corrected chi connectivity index (χ2v) is 5.37. The summed E-state index contributed by atoms with van der Waals surface area (Å²) in [5, 5.41) is 0. The molecule has 2 aliphatic carbocycles. The van der Waals surface area contributed by atoms with Crippen molar-refractivity contribution in [3.05, 3.63) is 53.2 Å². The topological polar surface area (TPSA) is 24.7 Å². The monoisotopic (exact) mass is 264 g/mol. The van der Waals surface area contributed by atoms with Gasteiger partial charge in [0, 0.05) is 30.2 Å². The molecule has 0 atom stereocenters. The predicted molar refractivity (Wildman–Crippen MR) is 86.3 cm³/mol. The summed E-state index contributed by atoms with van der Waals surface area (Å²) in [5.41, 5.74) is 6.19. The van der Waals surface area contributed by atoms with Crippen molar-refractivity contribution in [2.45, 2.75) is 26.2 Å². The van der Waals surface area contributed by atoms with E-state index in [1.54, 1.807) is 0 Å². The Morgan fingerprint density at radius 1 is 1.25 bits per heavy atom. The van der Waals surface area contributed by atoms with Crippen LogP contribution in [0.5, 0.6) is 0 Å². The maximum absolute atomic E-state index is 4.73. The third kappa shape index (κ3) is 2.51. The van der Waals surface area contributed by atoms with Gasteiger partial charge in [-0.05, 0) is 43.7 Å². The summed E-state index contributed by atoms with van der Waals surface area (Å²) in [6.07, 6.45) is 5.65. The van der Waals surface area contributed by atoms with Crippen molar-refractivity contribution in [1.82, 2.24) is 0 Å². The van der Waals surface area contributed by atoms with E-state index in [0.717, 1.165) is 18.7 Å². The van der Waals surface area contributed by atoms with Crippen molar-refractivity contribution in [2.24, 2.45) is 15.9 Å². The molecule has 0 aliphatic heterocycles. The van der Waals surface area contributed by atoms with E-state index in [-0.39, 0.29) is 0 Å². The maximum atomic E-state index is 4.73. The molecule has 0 spiro atoms. The van der Waals surface area contributed by atoms with Gasteiger partial charge in [0.15, 0.2) is 0 Å². The van der Waals surface area contributed by atoms with Crippen LogP contribution in [0.1, 0.15) is 31.7 Å². The molecule has 1 fully saturated rings. The van der Waals surface area contributed by atoms with E-state index in [1.165, 1.54) is 35.3 Å². The van der Waals surface area contributed by atoms with Crippen molar-refractivity contribution in [3.8, 4) is 0 Å². The van der Waals surface area contributed by atoms with Gasteiger partial charge in [0.1, 0.15) is 0 Å². The zero-order chi connectivity index (χ0) is 13.9. The Kier molecular flexibility index (Phi) is 3.64. The summed E-state index contributed by atoms with van der Waals surface area (Å²) in [7, 11) is 0. The number of benzene rings is 1. The van der Waals surface area contributed by atoms with E-state index in [2.05, 4.69) is 49.0 Å². The smallest absolute Gasteiger partial charge is 0.0678 e. The van der Waals surface area contributed by atoms with Gasteiger partial charge in [-0.15, -0.1) is 0 Å². The van der Waals surface area contributed by atoms with E-state index in [4.69, 9.17) is 4.99 Å². The van der Waals surface area contributed by atoms with Gasteiger partial charge >= 0.3 is 0 Å². The van der Waals surface area contributed by atoms with E-state index in [1.807, 2.05) is 6.07 Å². The number of hydrogen-bond donors (Lipinski definition) is 0. The zero-order valence-electron chi connectivity index (χ0n) is 12.0. The van der Waals surface area contributed by atoms with E-state index in [0.29, 0.717) is 5.92 Å². The van der Waals surface area contributed by atoms with Gasteiger partial charge in [-0.1, -0.05) is 30.3 Å². The van der Waals surface area contributed by atoms with E-state index >= 15 is 0 Å². The fourth-order valence-corrected chi connectivity index (χ4v) is 2.78. The summed E-state index contributed by atoms with van der Waals surface area (Å²) in [4.78, 5) is 8.96. The van der Waals surface area contributed by atoms with Crippen LogP contribution in [0.2, 0.25) is 0 Å². The number of nitrogens with zero attached hydrogens (tertiary/aromatic N) is 2. The molecular formula is C18H20N2. The first-order valence-electron chi connectivity index (χ1n) is 7.34. The highest BCUT2D eigenvalue weighted by molar-refractivity contribution is 6.07. The zero-order valence-corrected chi connectivity index (χ0v) is 12.0. The number of hydrogen-bond acceptors (Lipinski definition) is 2. The fraction of sp³-hybridized carbons (Fsp3) is 0.333. The van der Waals surface area contributed by atoms with Crippen molar-refractivity contribution in [1.29, 1.82) is 0 Å². The van der Waals surface area contributed by atoms with Crippen LogP contribution in [0.25, 0.3) is 5.57 Å². The number of rotatable bonds is 5. The first-order chi connectivity index (χ1) is 9.83. The van der Waals surface area contributed by atoms with Gasteiger partial charge in [0.2, 0.25) is 0 Å². The summed E-state index contributed by atoms with van der Waals surface area (Å²) in [6, 6.07) is 10.5. The minimum absolute atomic E-state index is 0.658. The Bertz CT molecular complexity index is 602. The van der Waals surface area contributed by atoms with Crippen LogP contribution in [-0.2, 0) is 0 Å². The highest BCUT2D eigenvalue weighted by atomic mass is 14.8. The standard InChI is InChI=1S/C18H20N2/c1-3-20-18(14-9-10-14)16-11-15(12-17(16)19-2)13-7-5-4-6-8-13/h4-8,12,14H,2-3,9-11H2,1H3. The van der Waals surface area contributed by atoms with Crippen molar-refractivity contribution >= 4 is 18.0 Å². The SMILES string of the molecule is C=NC1=C(C(=NCC)C2CC2)CC(c2ccccc2)=C1. The number of aliphatic imine (C=N–C) groups is 2. The predicted octanol–water partition coefficient (Wildman–Crippen LogP) is 4.30. The molecule has 1 aromatic carbocycles. The average Bonchev–Trinajstić information content (AvgIpc) is 3.24. The lowest BCUT2D eigenvalue weighted by Crippen LogP contribution is -2.07. The van der Waals surface area contributed by atoms with Crippen molar-refractivity contribution in [2.75, 3.05) is 6.54 Å². The molecule has 0 aromatic heterocycles. The van der Waals surface area contributed by atoms with Crippen LogP contribution < -0.4 is 0 Å². The lowest BCUT2D eigenvalue weighted by molar-refractivity contribution is 1.06. The first kappa shape index (κ1) is 13.0. The van der Waals surface area contributed by atoms with Crippen molar-refractivity contribution < 1.29 is 0 Å². The molecule has 0 amide bonds. The average molecular weight is 264 g/mol. The maximum Gasteiger partial charge on any atom is 0.0678 e. The van der Waals surface area contributed by atoms with Crippen LogP contribution in [0.4, 0.5) is 0 Å². The molecule has 1 aromatic rings. The molecule has 20 heavy (non-hydrogen) atoms. The fourth-order valence-electron chi connectivity index (χ4n) is 2.78. The molecule has 0 heterocycles. The minimum Gasteiger partial charge on any atom is -0.289 e. The van der Waals surface area contributed by atoms with Crippen LogP contribution in [0, 0.1) is 5.92 Å². The molecule has 102 valence electrons. The van der Waals surface area contributed by atoms with Crippen LogP contribution >= 0.6 is 0 Å². The summed E-state index contributed by atoms with van der Waals surface area (Å²) in [5.74, 6) is 0.658. The van der Waals surface area contributed by atoms with Crippen molar-refractivity contribution in [3.63, 3.8) is 0 Å². The third-order valence-corrected chi connectivity index (χ3v) is 3.90. The van der Waals surface area contributed by atoms with Crippen LogP contribution in [-0.4, -0.2) is 19.0 Å². The van der Waals surface area contributed by atoms with Crippen LogP contribution in [0.15, 0.2) is 57.7 Å². The molecule has 0 saturated heterocycles. The van der Waals surface area contributed by atoms with Gasteiger partial charge in [-0.3, -0.25) is 9.98 Å². The lowest BCUT2D eigenvalue weighted by Gasteiger charge is -2.09. The van der Waals surface area contributed by atoms with Gasteiger partial charge in [0.25, 0.3) is 0 Å². The summed E-state index contributed by atoms with van der Waals surface area (Å²) in [6.45, 7) is 6.69. The molecule has 0 unspecified atom stereocenters. The minimum atomic E-state index is 0.658. The summed E-state index contributed by atoms with van der Waals surface area (Å²) < 4.78 is 0. The second kappa shape index (κ2) is 5.58. The molecule has 0 N–H and O–H groups in total. The summed E-state index contributed by atoms with van der Waals surface area (Å²) >= 11 is 0. The molecular weight excluding hydrogens is 244 g/mol. The van der Waals surface area contributed by atoms with Gasteiger partial charge in [-0.25, -0.2) is 0 Å². The van der Waals surface area contributed by atoms with Gasteiger partial charge in [-0.2, -0.15) is 0 Å². The second-order valence-electron chi connectivity index (χ2n) is 5.37. The molecule has 1 saturated carbocycles. The van der Waals surface area contributed by atoms with Gasteiger partial charge < -0.3 is 0 Å². The molecule has 2 aliphatic rings. The Hall–Kier alpha value is -1.96. The first-order valence-corrected chi connectivity index (χ1v) is 7.34. The lowest BCUT2D eigenvalue weighted by atomic mass is 9.98. The molecule has 0 bridgehead atoms. The van der Waals surface area contributed by atoms with E-state index in [9.17, 15) is 0 Å². The molecule has 2 nitrogen and oxygen atoms in total.